The maximum absolute atomic E-state index is 6.29. The highest BCUT2D eigenvalue weighted by atomic mass is 35.5. The van der Waals surface area contributed by atoms with Crippen LogP contribution in [0.25, 0.3) is 0 Å². The van der Waals surface area contributed by atoms with E-state index < -0.39 is 0 Å². The largest absolute Gasteiger partial charge is 0.322 e. The number of benzene rings is 1. The first-order valence-electron chi connectivity index (χ1n) is 6.55. The van der Waals surface area contributed by atoms with Crippen molar-refractivity contribution in [2.24, 2.45) is 5.73 Å². The van der Waals surface area contributed by atoms with Crippen molar-refractivity contribution in [1.29, 1.82) is 0 Å². The first-order valence-corrected chi connectivity index (χ1v) is 6.93. The second-order valence-corrected chi connectivity index (χ2v) is 5.33. The molecule has 0 spiro atoms. The van der Waals surface area contributed by atoms with Gasteiger partial charge in [0.05, 0.1) is 23.0 Å². The zero-order chi connectivity index (χ0) is 14.0. The summed E-state index contributed by atoms with van der Waals surface area (Å²) in [6, 6.07) is 6.33. The second-order valence-electron chi connectivity index (χ2n) is 4.92. The molecule has 1 unspecified atom stereocenters. The fourth-order valence-corrected chi connectivity index (χ4v) is 2.55. The third-order valence-corrected chi connectivity index (χ3v) is 3.80. The average Bonchev–Trinajstić information content (AvgIpc) is 2.75. The zero-order valence-corrected chi connectivity index (χ0v) is 12.4. The molecule has 2 N–H and O–H groups in total. The molecular weight excluding hydrogens is 258 g/mol. The van der Waals surface area contributed by atoms with Crippen LogP contribution in [-0.4, -0.2) is 9.78 Å². The van der Waals surface area contributed by atoms with Crippen LogP contribution in [0.1, 0.15) is 35.3 Å². The summed E-state index contributed by atoms with van der Waals surface area (Å²) >= 11 is 6.18. The molecule has 2 aromatic rings. The fraction of sp³-hybridized carbons (Fsp3) is 0.400. The molecule has 19 heavy (non-hydrogen) atoms. The standard InChI is InChI=1S/C15H20ClN3/c1-4-19-15(13(16)9-18-19)14(17)8-12-6-5-10(2)11(3)7-12/h5-7,9,14H,4,8,17H2,1-3H3. The Morgan fingerprint density at radius 2 is 2.05 bits per heavy atom. The first-order chi connectivity index (χ1) is 9.02. The highest BCUT2D eigenvalue weighted by Gasteiger charge is 2.16. The summed E-state index contributed by atoms with van der Waals surface area (Å²) in [4.78, 5) is 0. The van der Waals surface area contributed by atoms with Gasteiger partial charge in [0, 0.05) is 6.54 Å². The van der Waals surface area contributed by atoms with Gasteiger partial charge in [-0.2, -0.15) is 5.10 Å². The Morgan fingerprint density at radius 3 is 2.68 bits per heavy atom. The monoisotopic (exact) mass is 277 g/mol. The number of rotatable bonds is 4. The van der Waals surface area contributed by atoms with Crippen molar-refractivity contribution >= 4 is 11.6 Å². The maximum Gasteiger partial charge on any atom is 0.0834 e. The van der Waals surface area contributed by atoms with E-state index in [1.807, 2.05) is 11.6 Å². The van der Waals surface area contributed by atoms with Gasteiger partial charge in [0.2, 0.25) is 0 Å². The van der Waals surface area contributed by atoms with Crippen LogP contribution in [-0.2, 0) is 13.0 Å². The molecule has 0 saturated carbocycles. The Hall–Kier alpha value is -1.32. The Bertz CT molecular complexity index is 575. The van der Waals surface area contributed by atoms with Crippen LogP contribution in [0, 0.1) is 13.8 Å². The van der Waals surface area contributed by atoms with E-state index in [1.165, 1.54) is 16.7 Å². The molecular formula is C15H20ClN3. The van der Waals surface area contributed by atoms with Gasteiger partial charge >= 0.3 is 0 Å². The van der Waals surface area contributed by atoms with Gasteiger partial charge in [0.15, 0.2) is 0 Å². The molecule has 3 nitrogen and oxygen atoms in total. The maximum atomic E-state index is 6.29. The van der Waals surface area contributed by atoms with E-state index in [4.69, 9.17) is 17.3 Å². The van der Waals surface area contributed by atoms with Gasteiger partial charge in [-0.3, -0.25) is 4.68 Å². The summed E-state index contributed by atoms with van der Waals surface area (Å²) in [6.07, 6.45) is 2.44. The van der Waals surface area contributed by atoms with E-state index in [2.05, 4.69) is 37.1 Å². The van der Waals surface area contributed by atoms with E-state index in [1.54, 1.807) is 6.20 Å². The number of nitrogens with two attached hydrogens (primary N) is 1. The quantitative estimate of drug-likeness (QED) is 0.931. The van der Waals surface area contributed by atoms with Crippen LogP contribution in [0.5, 0.6) is 0 Å². The molecule has 1 atom stereocenters. The lowest BCUT2D eigenvalue weighted by Gasteiger charge is -2.15. The number of hydrogen-bond acceptors (Lipinski definition) is 2. The van der Waals surface area contributed by atoms with Crippen LogP contribution in [0.3, 0.4) is 0 Å². The summed E-state index contributed by atoms with van der Waals surface area (Å²) in [5.41, 5.74) is 11.0. The van der Waals surface area contributed by atoms with E-state index in [-0.39, 0.29) is 6.04 Å². The van der Waals surface area contributed by atoms with Crippen molar-refractivity contribution in [1.82, 2.24) is 9.78 Å². The fourth-order valence-electron chi connectivity index (χ4n) is 2.27. The van der Waals surface area contributed by atoms with Gasteiger partial charge in [0.1, 0.15) is 0 Å². The van der Waals surface area contributed by atoms with Gasteiger partial charge in [-0.05, 0) is 43.9 Å². The van der Waals surface area contributed by atoms with Crippen LogP contribution in [0.15, 0.2) is 24.4 Å². The molecule has 0 fully saturated rings. The van der Waals surface area contributed by atoms with E-state index in [9.17, 15) is 0 Å². The lowest BCUT2D eigenvalue weighted by molar-refractivity contribution is 0.568. The summed E-state index contributed by atoms with van der Waals surface area (Å²) in [5.74, 6) is 0. The van der Waals surface area contributed by atoms with Crippen molar-refractivity contribution in [3.63, 3.8) is 0 Å². The van der Waals surface area contributed by atoms with Crippen molar-refractivity contribution in [2.45, 2.75) is 39.8 Å². The molecule has 0 radical (unpaired) electrons. The molecule has 2 rings (SSSR count). The Kier molecular flexibility index (Phi) is 4.27. The molecule has 0 aliphatic carbocycles. The van der Waals surface area contributed by atoms with Crippen LogP contribution in [0.2, 0.25) is 5.02 Å². The van der Waals surface area contributed by atoms with Crippen molar-refractivity contribution in [2.75, 3.05) is 0 Å². The minimum absolute atomic E-state index is 0.128. The van der Waals surface area contributed by atoms with Crippen LogP contribution in [0.4, 0.5) is 0 Å². The molecule has 4 heteroatoms. The van der Waals surface area contributed by atoms with E-state index >= 15 is 0 Å². The van der Waals surface area contributed by atoms with Gasteiger partial charge in [-0.15, -0.1) is 0 Å². The number of aryl methyl sites for hydroxylation is 3. The molecule has 0 amide bonds. The van der Waals surface area contributed by atoms with E-state index in [0.717, 1.165) is 18.7 Å². The van der Waals surface area contributed by atoms with Gasteiger partial charge in [-0.1, -0.05) is 29.8 Å². The van der Waals surface area contributed by atoms with Crippen molar-refractivity contribution in [3.8, 4) is 0 Å². The third-order valence-electron chi connectivity index (χ3n) is 3.51. The van der Waals surface area contributed by atoms with Gasteiger partial charge in [0.25, 0.3) is 0 Å². The molecule has 1 aromatic heterocycles. The molecule has 0 aliphatic rings. The number of nitrogens with zero attached hydrogens (tertiary/aromatic N) is 2. The summed E-state index contributed by atoms with van der Waals surface area (Å²) in [6.45, 7) is 7.05. The topological polar surface area (TPSA) is 43.8 Å². The number of halogens is 1. The summed E-state index contributed by atoms with van der Waals surface area (Å²) < 4.78 is 1.87. The smallest absolute Gasteiger partial charge is 0.0834 e. The third kappa shape index (κ3) is 2.99. The molecule has 102 valence electrons. The SMILES string of the molecule is CCn1ncc(Cl)c1C(N)Cc1ccc(C)c(C)c1. The lowest BCUT2D eigenvalue weighted by Crippen LogP contribution is -2.18. The molecule has 1 heterocycles. The number of hydrogen-bond donors (Lipinski definition) is 1. The predicted molar refractivity (Wildman–Crippen MR) is 79.5 cm³/mol. The predicted octanol–water partition coefficient (Wildman–Crippen LogP) is 3.42. The second kappa shape index (κ2) is 5.76. The number of aromatic nitrogens is 2. The molecule has 0 aliphatic heterocycles. The van der Waals surface area contributed by atoms with Crippen LogP contribution < -0.4 is 5.73 Å². The Morgan fingerprint density at radius 1 is 1.32 bits per heavy atom. The van der Waals surface area contributed by atoms with Crippen LogP contribution >= 0.6 is 11.6 Å². The molecule has 1 aromatic carbocycles. The highest BCUT2D eigenvalue weighted by Crippen LogP contribution is 2.24. The Labute approximate surface area is 119 Å². The normalized spacial score (nSPS) is 12.7. The minimum Gasteiger partial charge on any atom is -0.322 e. The lowest BCUT2D eigenvalue weighted by atomic mass is 10.00. The summed E-state index contributed by atoms with van der Waals surface area (Å²) in [5, 5.41) is 4.88. The van der Waals surface area contributed by atoms with Crippen molar-refractivity contribution < 1.29 is 0 Å². The average molecular weight is 278 g/mol. The summed E-state index contributed by atoms with van der Waals surface area (Å²) in [7, 11) is 0. The minimum atomic E-state index is -0.128. The highest BCUT2D eigenvalue weighted by molar-refractivity contribution is 6.31. The van der Waals surface area contributed by atoms with E-state index in [0.29, 0.717) is 5.02 Å². The Balaban J connectivity index is 2.22. The van der Waals surface area contributed by atoms with Gasteiger partial charge < -0.3 is 5.73 Å². The van der Waals surface area contributed by atoms with Gasteiger partial charge in [-0.25, -0.2) is 0 Å². The zero-order valence-electron chi connectivity index (χ0n) is 11.7. The first kappa shape index (κ1) is 14.1. The molecule has 0 saturated heterocycles. The van der Waals surface area contributed by atoms with Crippen molar-refractivity contribution in [3.05, 3.63) is 51.8 Å². The molecule has 0 bridgehead atoms.